The van der Waals surface area contributed by atoms with Gasteiger partial charge in [-0.15, -0.1) is 16.4 Å². The molecular formula is C23H20ClN3O2S. The lowest BCUT2D eigenvalue weighted by Gasteiger charge is -2.25. The molecule has 0 spiro atoms. The predicted octanol–water partition coefficient (Wildman–Crippen LogP) is 5.74. The molecule has 3 heterocycles. The Morgan fingerprint density at radius 3 is 2.90 bits per heavy atom. The number of amides is 1. The molecule has 0 aliphatic carbocycles. The van der Waals surface area contributed by atoms with Gasteiger partial charge in [-0.1, -0.05) is 18.5 Å². The van der Waals surface area contributed by atoms with Crippen molar-refractivity contribution in [3.05, 3.63) is 56.9 Å². The molecule has 2 aliphatic rings. The van der Waals surface area contributed by atoms with E-state index in [4.69, 9.17) is 16.3 Å². The third-order valence-electron chi connectivity index (χ3n) is 5.60. The van der Waals surface area contributed by atoms with Crippen LogP contribution in [0.15, 0.2) is 40.5 Å². The van der Waals surface area contributed by atoms with Gasteiger partial charge in [0.05, 0.1) is 10.6 Å². The maximum Gasteiger partial charge on any atom is 0.265 e. The van der Waals surface area contributed by atoms with Crippen molar-refractivity contribution in [2.24, 2.45) is 10.2 Å². The van der Waals surface area contributed by atoms with Crippen molar-refractivity contribution in [3.63, 3.8) is 0 Å². The third-order valence-corrected chi connectivity index (χ3v) is 7.11. The summed E-state index contributed by atoms with van der Waals surface area (Å²) >= 11 is 7.93. The van der Waals surface area contributed by atoms with Crippen LogP contribution in [0.25, 0.3) is 10.1 Å². The maximum atomic E-state index is 12.1. The quantitative estimate of drug-likeness (QED) is 0.555. The largest absolute Gasteiger partial charge is 0.479 e. The van der Waals surface area contributed by atoms with Gasteiger partial charge in [0.2, 0.25) is 0 Å². The molecular weight excluding hydrogens is 418 g/mol. The van der Waals surface area contributed by atoms with E-state index in [1.807, 2.05) is 30.3 Å². The Morgan fingerprint density at radius 1 is 1.27 bits per heavy atom. The van der Waals surface area contributed by atoms with E-state index in [1.165, 1.54) is 0 Å². The molecule has 1 atom stereocenters. The fourth-order valence-electron chi connectivity index (χ4n) is 3.88. The van der Waals surface area contributed by atoms with Gasteiger partial charge in [0.1, 0.15) is 11.5 Å². The Labute approximate surface area is 183 Å². The molecule has 1 unspecified atom stereocenters. The predicted molar refractivity (Wildman–Crippen MR) is 124 cm³/mol. The number of carbonyl (C=O) groups excluding carboxylic acids is 1. The second kappa shape index (κ2) is 7.22. The van der Waals surface area contributed by atoms with Gasteiger partial charge in [-0.3, -0.25) is 4.79 Å². The normalized spacial score (nSPS) is 18.0. The summed E-state index contributed by atoms with van der Waals surface area (Å²) in [6.07, 6.45) is 0.971. The van der Waals surface area contributed by atoms with Gasteiger partial charge in [0.15, 0.2) is 6.10 Å². The lowest BCUT2D eigenvalue weighted by atomic mass is 9.94. The number of thiophene rings is 1. The van der Waals surface area contributed by atoms with Gasteiger partial charge in [-0.2, -0.15) is 5.10 Å². The van der Waals surface area contributed by atoms with Crippen LogP contribution in [-0.2, 0) is 11.2 Å². The van der Waals surface area contributed by atoms with Crippen molar-refractivity contribution in [2.75, 3.05) is 5.32 Å². The molecule has 0 radical (unpaired) electrons. The van der Waals surface area contributed by atoms with Crippen LogP contribution < -0.4 is 10.1 Å². The van der Waals surface area contributed by atoms with E-state index in [2.05, 4.69) is 29.4 Å². The van der Waals surface area contributed by atoms with E-state index in [9.17, 15) is 4.79 Å². The minimum Gasteiger partial charge on any atom is -0.479 e. The molecule has 1 aromatic heterocycles. The minimum atomic E-state index is -0.530. The number of ether oxygens (including phenoxy) is 1. The minimum absolute atomic E-state index is 0.133. The van der Waals surface area contributed by atoms with Crippen molar-refractivity contribution in [1.82, 2.24) is 0 Å². The molecule has 0 saturated heterocycles. The maximum absolute atomic E-state index is 12.1. The Hall–Kier alpha value is -2.70. The van der Waals surface area contributed by atoms with Gasteiger partial charge in [-0.05, 0) is 67.1 Å². The Bertz CT molecular complexity index is 1280. The number of anilines is 1. The van der Waals surface area contributed by atoms with Crippen molar-refractivity contribution >= 4 is 56.0 Å². The molecule has 5 nitrogen and oxygen atoms in total. The van der Waals surface area contributed by atoms with Crippen LogP contribution in [-0.4, -0.2) is 23.4 Å². The zero-order valence-electron chi connectivity index (χ0n) is 16.9. The topological polar surface area (TPSA) is 63.0 Å². The van der Waals surface area contributed by atoms with Gasteiger partial charge >= 0.3 is 0 Å². The smallest absolute Gasteiger partial charge is 0.265 e. The number of rotatable bonds is 2. The summed E-state index contributed by atoms with van der Waals surface area (Å²) < 4.78 is 7.04. The summed E-state index contributed by atoms with van der Waals surface area (Å²) in [7, 11) is 0. The number of hydrogen-bond acceptors (Lipinski definition) is 5. The molecule has 1 amide bonds. The zero-order chi connectivity index (χ0) is 21.0. The first kappa shape index (κ1) is 19.3. The number of fused-ring (bicyclic) bond motifs is 3. The first-order chi connectivity index (χ1) is 14.4. The molecule has 0 fully saturated rings. The molecule has 30 heavy (non-hydrogen) atoms. The SMILES string of the molecule is CCC1=NN=C(c2sc3ccc(Cl)cc3c2C)c2cc3c(cc2C1)NC(=O)C(C)O3. The summed E-state index contributed by atoms with van der Waals surface area (Å²) in [5.41, 5.74) is 5.75. The van der Waals surface area contributed by atoms with Crippen LogP contribution in [0.4, 0.5) is 5.69 Å². The molecule has 1 N–H and O–H groups in total. The molecule has 0 bridgehead atoms. The van der Waals surface area contributed by atoms with Gasteiger partial charge in [-0.25, -0.2) is 0 Å². The van der Waals surface area contributed by atoms with Gasteiger partial charge < -0.3 is 10.1 Å². The number of halogens is 1. The third kappa shape index (κ3) is 3.11. The Morgan fingerprint density at radius 2 is 2.10 bits per heavy atom. The van der Waals surface area contributed by atoms with E-state index >= 15 is 0 Å². The van der Waals surface area contributed by atoms with E-state index in [-0.39, 0.29) is 5.91 Å². The monoisotopic (exact) mass is 437 g/mol. The highest BCUT2D eigenvalue weighted by molar-refractivity contribution is 7.21. The summed E-state index contributed by atoms with van der Waals surface area (Å²) in [6.45, 7) is 5.92. The van der Waals surface area contributed by atoms with Crippen molar-refractivity contribution in [3.8, 4) is 5.75 Å². The zero-order valence-corrected chi connectivity index (χ0v) is 18.4. The molecule has 0 saturated carbocycles. The summed E-state index contributed by atoms with van der Waals surface area (Å²) in [4.78, 5) is 13.1. The van der Waals surface area contributed by atoms with E-state index in [0.29, 0.717) is 17.9 Å². The summed E-state index contributed by atoms with van der Waals surface area (Å²) in [5.74, 6) is 0.530. The van der Waals surface area contributed by atoms with Crippen LogP contribution in [0.3, 0.4) is 0 Å². The van der Waals surface area contributed by atoms with Crippen molar-refractivity contribution in [2.45, 2.75) is 39.7 Å². The number of benzene rings is 2. The first-order valence-corrected chi connectivity index (χ1v) is 11.1. The standard InChI is InChI=1S/C23H20ClN3O2S/c1-4-15-7-13-8-18-19(29-12(3)23(28)25-18)10-17(13)21(27-26-15)22-11(2)16-9-14(24)5-6-20(16)30-22/h5-6,8-10,12H,4,7H2,1-3H3,(H,25,28). The number of nitrogens with zero attached hydrogens (tertiary/aromatic N) is 2. The van der Waals surface area contributed by atoms with Crippen molar-refractivity contribution in [1.29, 1.82) is 0 Å². The molecule has 2 aromatic carbocycles. The number of nitrogens with one attached hydrogen (secondary N) is 1. The second-order valence-electron chi connectivity index (χ2n) is 7.60. The second-order valence-corrected chi connectivity index (χ2v) is 9.09. The molecule has 152 valence electrons. The Kier molecular flexibility index (Phi) is 4.64. The van der Waals surface area contributed by atoms with Gasteiger partial charge in [0.25, 0.3) is 5.91 Å². The molecule has 2 aliphatic heterocycles. The number of aryl methyl sites for hydroxylation is 1. The highest BCUT2D eigenvalue weighted by Gasteiger charge is 2.28. The first-order valence-electron chi connectivity index (χ1n) is 9.91. The highest BCUT2D eigenvalue weighted by atomic mass is 35.5. The lowest BCUT2D eigenvalue weighted by Crippen LogP contribution is -2.34. The lowest BCUT2D eigenvalue weighted by molar-refractivity contribution is -0.122. The fourth-order valence-corrected chi connectivity index (χ4v) is 5.24. The highest BCUT2D eigenvalue weighted by Crippen LogP contribution is 2.39. The fraction of sp³-hybridized carbons (Fsp3) is 0.261. The van der Waals surface area contributed by atoms with Crippen LogP contribution in [0.5, 0.6) is 5.75 Å². The Balaban J connectivity index is 1.73. The van der Waals surface area contributed by atoms with Crippen molar-refractivity contribution < 1.29 is 9.53 Å². The average Bonchev–Trinajstić information content (AvgIpc) is 2.93. The number of hydrogen-bond donors (Lipinski definition) is 1. The summed E-state index contributed by atoms with van der Waals surface area (Å²) in [5, 5.41) is 14.0. The number of carbonyl (C=O) groups is 1. The van der Waals surface area contributed by atoms with Crippen LogP contribution >= 0.6 is 22.9 Å². The van der Waals surface area contributed by atoms with E-state index in [1.54, 1.807) is 18.3 Å². The molecule has 5 rings (SSSR count). The van der Waals surface area contributed by atoms with Gasteiger partial charge in [0, 0.05) is 27.4 Å². The molecule has 7 heteroatoms. The van der Waals surface area contributed by atoms with Crippen LogP contribution in [0.2, 0.25) is 5.02 Å². The van der Waals surface area contributed by atoms with E-state index in [0.717, 1.165) is 54.5 Å². The van der Waals surface area contributed by atoms with Crippen LogP contribution in [0, 0.1) is 6.92 Å². The molecule has 3 aromatic rings. The van der Waals surface area contributed by atoms with Crippen LogP contribution in [0.1, 0.15) is 41.8 Å². The summed E-state index contributed by atoms with van der Waals surface area (Å²) in [6, 6.07) is 9.95. The van der Waals surface area contributed by atoms with E-state index < -0.39 is 6.10 Å². The average molecular weight is 438 g/mol.